The van der Waals surface area contributed by atoms with Gasteiger partial charge in [0, 0.05) is 12.6 Å². The maximum absolute atomic E-state index is 12.1. The van der Waals surface area contributed by atoms with Crippen molar-refractivity contribution in [2.75, 3.05) is 0 Å². The number of hydrogen-bond donors (Lipinski definition) is 2. The van der Waals surface area contributed by atoms with Crippen LogP contribution in [0.5, 0.6) is 0 Å². The minimum atomic E-state index is -0.738. The van der Waals surface area contributed by atoms with E-state index in [1.165, 1.54) is 0 Å². The highest BCUT2D eigenvalue weighted by atomic mass is 16.4. The first-order valence-corrected chi connectivity index (χ1v) is 7.89. The number of carboxylic acids is 1. The lowest BCUT2D eigenvalue weighted by Gasteiger charge is -2.26. The molecule has 22 heavy (non-hydrogen) atoms. The molecule has 0 radical (unpaired) electrons. The summed E-state index contributed by atoms with van der Waals surface area (Å²) in [5, 5.41) is 19.8. The van der Waals surface area contributed by atoms with E-state index in [4.69, 9.17) is 5.11 Å². The standard InChI is InChI=1S/C15H24N4O3/c1-10(2)7-8-19-9-13(17-18-19)14(20)16-12-5-3-11(4-6-12)15(21)22/h9-12H,3-8H2,1-2H3,(H,16,20)(H,21,22). The SMILES string of the molecule is CC(C)CCn1cc(C(=O)NC2CCC(C(=O)O)CC2)nn1. The molecule has 0 unspecified atom stereocenters. The number of hydrogen-bond acceptors (Lipinski definition) is 4. The van der Waals surface area contributed by atoms with Gasteiger partial charge in [0.25, 0.3) is 5.91 Å². The van der Waals surface area contributed by atoms with Gasteiger partial charge >= 0.3 is 5.97 Å². The van der Waals surface area contributed by atoms with Crippen LogP contribution in [0.15, 0.2) is 6.20 Å². The van der Waals surface area contributed by atoms with Gasteiger partial charge in [0.05, 0.1) is 12.1 Å². The van der Waals surface area contributed by atoms with Gasteiger partial charge in [0.2, 0.25) is 0 Å². The molecule has 0 aliphatic heterocycles. The van der Waals surface area contributed by atoms with Crippen molar-refractivity contribution >= 4 is 11.9 Å². The Morgan fingerprint density at radius 3 is 2.64 bits per heavy atom. The second kappa shape index (κ2) is 7.38. The number of aliphatic carboxylic acids is 1. The molecule has 7 nitrogen and oxygen atoms in total. The third-order valence-electron chi connectivity index (χ3n) is 4.12. The average molecular weight is 308 g/mol. The lowest BCUT2D eigenvalue weighted by Crippen LogP contribution is -2.38. The molecule has 2 N–H and O–H groups in total. The van der Waals surface area contributed by atoms with E-state index in [1.54, 1.807) is 10.9 Å². The van der Waals surface area contributed by atoms with E-state index in [-0.39, 0.29) is 17.9 Å². The molecule has 2 rings (SSSR count). The van der Waals surface area contributed by atoms with E-state index in [0.29, 0.717) is 37.3 Å². The third kappa shape index (κ3) is 4.54. The first-order chi connectivity index (χ1) is 10.5. The quantitative estimate of drug-likeness (QED) is 0.833. The topological polar surface area (TPSA) is 97.1 Å². The second-order valence-electron chi connectivity index (χ2n) is 6.41. The first kappa shape index (κ1) is 16.5. The van der Waals surface area contributed by atoms with Crippen LogP contribution >= 0.6 is 0 Å². The molecule has 1 saturated carbocycles. The highest BCUT2D eigenvalue weighted by Crippen LogP contribution is 2.24. The van der Waals surface area contributed by atoms with E-state index in [1.807, 2.05) is 0 Å². The van der Waals surface area contributed by atoms with Gasteiger partial charge < -0.3 is 10.4 Å². The molecular weight excluding hydrogens is 284 g/mol. The fourth-order valence-electron chi connectivity index (χ4n) is 2.65. The number of nitrogens with one attached hydrogen (secondary N) is 1. The monoisotopic (exact) mass is 308 g/mol. The normalized spacial score (nSPS) is 21.8. The molecule has 122 valence electrons. The summed E-state index contributed by atoms with van der Waals surface area (Å²) in [7, 11) is 0. The first-order valence-electron chi connectivity index (χ1n) is 7.89. The van der Waals surface area contributed by atoms with Gasteiger partial charge in [-0.05, 0) is 38.0 Å². The number of carbonyl (C=O) groups is 2. The Labute approximate surface area is 130 Å². The fourth-order valence-corrected chi connectivity index (χ4v) is 2.65. The van der Waals surface area contributed by atoms with Crippen molar-refractivity contribution in [1.29, 1.82) is 0 Å². The Hall–Kier alpha value is -1.92. The molecular formula is C15H24N4O3. The largest absolute Gasteiger partial charge is 0.481 e. The number of aromatic nitrogens is 3. The van der Waals surface area contributed by atoms with E-state index >= 15 is 0 Å². The van der Waals surface area contributed by atoms with E-state index in [9.17, 15) is 9.59 Å². The Bertz CT molecular complexity index is 519. The lowest BCUT2D eigenvalue weighted by atomic mass is 9.86. The van der Waals surface area contributed by atoms with Crippen molar-refractivity contribution in [1.82, 2.24) is 20.3 Å². The van der Waals surface area contributed by atoms with Crippen LogP contribution in [0.25, 0.3) is 0 Å². The Balaban J connectivity index is 1.81. The molecule has 0 spiro atoms. The number of amides is 1. The predicted molar refractivity (Wildman–Crippen MR) is 80.3 cm³/mol. The molecule has 1 aromatic heterocycles. The summed E-state index contributed by atoms with van der Waals surface area (Å²) in [4.78, 5) is 23.0. The minimum absolute atomic E-state index is 0.0314. The number of aryl methyl sites for hydroxylation is 1. The fraction of sp³-hybridized carbons (Fsp3) is 0.733. The molecule has 0 saturated heterocycles. The Morgan fingerprint density at radius 2 is 2.05 bits per heavy atom. The molecule has 0 atom stereocenters. The zero-order valence-electron chi connectivity index (χ0n) is 13.2. The van der Waals surface area contributed by atoms with E-state index in [2.05, 4.69) is 29.5 Å². The van der Waals surface area contributed by atoms with Crippen LogP contribution in [0.1, 0.15) is 56.4 Å². The Kier molecular flexibility index (Phi) is 5.51. The van der Waals surface area contributed by atoms with Gasteiger partial charge in [-0.3, -0.25) is 14.3 Å². The average Bonchev–Trinajstić information content (AvgIpc) is 2.94. The van der Waals surface area contributed by atoms with Gasteiger partial charge in [-0.25, -0.2) is 0 Å². The highest BCUT2D eigenvalue weighted by Gasteiger charge is 2.27. The summed E-state index contributed by atoms with van der Waals surface area (Å²) < 4.78 is 1.69. The number of rotatable bonds is 6. The van der Waals surface area contributed by atoms with Crippen LogP contribution in [0, 0.1) is 11.8 Å². The van der Waals surface area contributed by atoms with Crippen molar-refractivity contribution in [2.24, 2.45) is 11.8 Å². The molecule has 1 aliphatic carbocycles. The molecule has 0 bridgehead atoms. The molecule has 7 heteroatoms. The van der Waals surface area contributed by atoms with E-state index < -0.39 is 5.97 Å². The van der Waals surface area contributed by atoms with Gasteiger partial charge in [-0.1, -0.05) is 19.1 Å². The van der Waals surface area contributed by atoms with Gasteiger partial charge in [0.1, 0.15) is 0 Å². The van der Waals surface area contributed by atoms with Crippen LogP contribution in [-0.2, 0) is 11.3 Å². The summed E-state index contributed by atoms with van der Waals surface area (Å²) in [5.41, 5.74) is 0.323. The van der Waals surface area contributed by atoms with Crippen molar-refractivity contribution in [2.45, 2.75) is 58.5 Å². The minimum Gasteiger partial charge on any atom is -0.481 e. The smallest absolute Gasteiger partial charge is 0.306 e. The van der Waals surface area contributed by atoms with Crippen LogP contribution in [0.2, 0.25) is 0 Å². The van der Waals surface area contributed by atoms with E-state index in [0.717, 1.165) is 13.0 Å². The zero-order chi connectivity index (χ0) is 16.1. The van der Waals surface area contributed by atoms with Crippen molar-refractivity contribution in [3.8, 4) is 0 Å². The molecule has 1 aliphatic rings. The summed E-state index contributed by atoms with van der Waals surface area (Å²) in [5.74, 6) is -0.664. The highest BCUT2D eigenvalue weighted by molar-refractivity contribution is 5.92. The maximum atomic E-state index is 12.1. The van der Waals surface area contributed by atoms with Gasteiger partial charge in [-0.2, -0.15) is 0 Å². The van der Waals surface area contributed by atoms with Crippen LogP contribution in [-0.4, -0.2) is 38.0 Å². The summed E-state index contributed by atoms with van der Waals surface area (Å²) >= 11 is 0. The molecule has 1 fully saturated rings. The maximum Gasteiger partial charge on any atom is 0.306 e. The summed E-state index contributed by atoms with van der Waals surface area (Å²) in [6.07, 6.45) is 5.28. The lowest BCUT2D eigenvalue weighted by molar-refractivity contribution is -0.142. The van der Waals surface area contributed by atoms with Crippen LogP contribution < -0.4 is 5.32 Å². The number of carboxylic acid groups (broad SMARTS) is 1. The van der Waals surface area contributed by atoms with Crippen LogP contribution in [0.3, 0.4) is 0 Å². The number of carbonyl (C=O) groups excluding carboxylic acids is 1. The van der Waals surface area contributed by atoms with Crippen molar-refractivity contribution < 1.29 is 14.7 Å². The zero-order valence-corrected chi connectivity index (χ0v) is 13.2. The Morgan fingerprint density at radius 1 is 1.36 bits per heavy atom. The molecule has 1 aromatic rings. The molecule has 1 amide bonds. The van der Waals surface area contributed by atoms with Crippen molar-refractivity contribution in [3.63, 3.8) is 0 Å². The second-order valence-corrected chi connectivity index (χ2v) is 6.41. The van der Waals surface area contributed by atoms with Crippen molar-refractivity contribution in [3.05, 3.63) is 11.9 Å². The van der Waals surface area contributed by atoms with Gasteiger partial charge in [-0.15, -0.1) is 5.10 Å². The van der Waals surface area contributed by atoms with Crippen LogP contribution in [0.4, 0.5) is 0 Å². The van der Waals surface area contributed by atoms with Gasteiger partial charge in [0.15, 0.2) is 5.69 Å². The summed E-state index contributed by atoms with van der Waals surface area (Å²) in [6.45, 7) is 5.03. The molecule has 1 heterocycles. The summed E-state index contributed by atoms with van der Waals surface area (Å²) in [6, 6.07) is 0.0314. The molecule has 0 aromatic carbocycles. The number of nitrogens with zero attached hydrogens (tertiary/aromatic N) is 3. The third-order valence-corrected chi connectivity index (χ3v) is 4.12. The predicted octanol–water partition coefficient (Wildman–Crippen LogP) is 1.70.